The summed E-state index contributed by atoms with van der Waals surface area (Å²) in [6.45, 7) is 0.557. The molecule has 4 N–H and O–H groups in total. The van der Waals surface area contributed by atoms with Crippen LogP contribution in [-0.4, -0.2) is 22.7 Å². The minimum absolute atomic E-state index is 0.0139. The number of rotatable bonds is 3. The van der Waals surface area contributed by atoms with Crippen molar-refractivity contribution < 1.29 is 13.9 Å². The summed E-state index contributed by atoms with van der Waals surface area (Å²) in [5, 5.41) is 12.2. The number of halogens is 2. The summed E-state index contributed by atoms with van der Waals surface area (Å²) in [7, 11) is 0. The summed E-state index contributed by atoms with van der Waals surface area (Å²) in [6, 6.07) is 0.731. The van der Waals surface area contributed by atoms with Gasteiger partial charge in [-0.05, 0) is 31.6 Å². The molecule has 100 valence electrons. The van der Waals surface area contributed by atoms with Crippen LogP contribution in [-0.2, 0) is 0 Å². The van der Waals surface area contributed by atoms with E-state index in [0.717, 1.165) is 31.7 Å². The van der Waals surface area contributed by atoms with Gasteiger partial charge in [-0.15, -0.1) is 0 Å². The average molecular weight is 257 g/mol. The molecule has 0 spiro atoms. The molecule has 1 aromatic heterocycles. The molecule has 1 aromatic rings. The lowest BCUT2D eigenvalue weighted by Gasteiger charge is -2.25. The first-order chi connectivity index (χ1) is 8.56. The molecule has 0 aliphatic heterocycles. The van der Waals surface area contributed by atoms with Crippen LogP contribution in [0, 0.1) is 17.6 Å². The fraction of sp³-hybridized carbons (Fsp3) is 0.583. The van der Waals surface area contributed by atoms with E-state index in [1.165, 1.54) is 0 Å². The van der Waals surface area contributed by atoms with Crippen molar-refractivity contribution in [1.82, 2.24) is 4.98 Å². The van der Waals surface area contributed by atoms with Gasteiger partial charge >= 0.3 is 0 Å². The van der Waals surface area contributed by atoms with Crippen LogP contribution in [0.15, 0.2) is 6.07 Å². The Kier molecular flexibility index (Phi) is 3.96. The highest BCUT2D eigenvalue weighted by atomic mass is 19.1. The number of aliphatic hydroxyl groups is 1. The molecule has 1 saturated carbocycles. The number of pyridine rings is 1. The van der Waals surface area contributed by atoms with Crippen molar-refractivity contribution in [2.24, 2.45) is 5.92 Å². The lowest BCUT2D eigenvalue weighted by atomic mass is 9.87. The van der Waals surface area contributed by atoms with E-state index in [1.54, 1.807) is 0 Å². The number of hydrogen-bond acceptors (Lipinski definition) is 4. The van der Waals surface area contributed by atoms with Gasteiger partial charge in [-0.1, -0.05) is 0 Å². The van der Waals surface area contributed by atoms with Gasteiger partial charge in [0.15, 0.2) is 23.3 Å². The number of hydrogen-bond donors (Lipinski definition) is 3. The summed E-state index contributed by atoms with van der Waals surface area (Å²) < 4.78 is 26.3. The van der Waals surface area contributed by atoms with Crippen LogP contribution in [0.5, 0.6) is 0 Å². The minimum Gasteiger partial charge on any atom is -0.393 e. The Balaban J connectivity index is 1.92. The van der Waals surface area contributed by atoms with Gasteiger partial charge in [0.25, 0.3) is 0 Å². The second-order valence-electron chi connectivity index (χ2n) is 4.74. The van der Waals surface area contributed by atoms with Gasteiger partial charge in [-0.3, -0.25) is 0 Å². The Morgan fingerprint density at radius 1 is 1.28 bits per heavy atom. The highest BCUT2D eigenvalue weighted by molar-refractivity contribution is 5.44. The van der Waals surface area contributed by atoms with Crippen LogP contribution < -0.4 is 11.1 Å². The molecule has 0 amide bonds. The maximum absolute atomic E-state index is 13.4. The van der Waals surface area contributed by atoms with Gasteiger partial charge in [-0.25, -0.2) is 13.8 Å². The topological polar surface area (TPSA) is 71.2 Å². The first kappa shape index (κ1) is 13.0. The Labute approximate surface area is 104 Å². The second kappa shape index (κ2) is 5.48. The lowest BCUT2D eigenvalue weighted by molar-refractivity contribution is 0.111. The van der Waals surface area contributed by atoms with Crippen LogP contribution in [0.3, 0.4) is 0 Å². The third-order valence-electron chi connectivity index (χ3n) is 3.33. The molecule has 2 rings (SSSR count). The first-order valence-corrected chi connectivity index (χ1v) is 6.09. The van der Waals surface area contributed by atoms with Crippen molar-refractivity contribution in [1.29, 1.82) is 0 Å². The lowest BCUT2D eigenvalue weighted by Crippen LogP contribution is -2.24. The second-order valence-corrected chi connectivity index (χ2v) is 4.74. The number of nitrogens with two attached hydrogens (primary N) is 1. The fourth-order valence-electron chi connectivity index (χ4n) is 2.19. The SMILES string of the molecule is Nc1nc(NCC2CCC(O)CC2)c(F)cc1F. The normalized spacial score (nSPS) is 23.9. The van der Waals surface area contributed by atoms with Crippen LogP contribution in [0.2, 0.25) is 0 Å². The van der Waals surface area contributed by atoms with Crippen LogP contribution in [0.1, 0.15) is 25.7 Å². The molecule has 1 fully saturated rings. The molecule has 6 heteroatoms. The zero-order valence-corrected chi connectivity index (χ0v) is 10.00. The van der Waals surface area contributed by atoms with Crippen molar-refractivity contribution in [3.05, 3.63) is 17.7 Å². The maximum Gasteiger partial charge on any atom is 0.168 e. The molecule has 0 atom stereocenters. The predicted molar refractivity (Wildman–Crippen MR) is 65.0 cm³/mol. The minimum atomic E-state index is -0.848. The summed E-state index contributed by atoms with van der Waals surface area (Å²) in [5.74, 6) is -1.53. The number of nitrogens with zero attached hydrogens (tertiary/aromatic N) is 1. The van der Waals surface area contributed by atoms with E-state index in [-0.39, 0.29) is 17.7 Å². The molecular formula is C12H17F2N3O. The van der Waals surface area contributed by atoms with E-state index >= 15 is 0 Å². The van der Waals surface area contributed by atoms with Crippen molar-refractivity contribution in [3.8, 4) is 0 Å². The number of aromatic nitrogens is 1. The fourth-order valence-corrected chi connectivity index (χ4v) is 2.19. The van der Waals surface area contributed by atoms with E-state index in [4.69, 9.17) is 5.73 Å². The van der Waals surface area contributed by atoms with E-state index < -0.39 is 11.6 Å². The highest BCUT2D eigenvalue weighted by Crippen LogP contribution is 2.25. The Morgan fingerprint density at radius 3 is 2.61 bits per heavy atom. The van der Waals surface area contributed by atoms with Crippen LogP contribution >= 0.6 is 0 Å². The zero-order chi connectivity index (χ0) is 13.1. The Bertz CT molecular complexity index is 420. The van der Waals surface area contributed by atoms with Gasteiger partial charge in [-0.2, -0.15) is 0 Å². The molecule has 0 saturated heterocycles. The molecular weight excluding hydrogens is 240 g/mol. The van der Waals surface area contributed by atoms with E-state index in [0.29, 0.717) is 12.5 Å². The van der Waals surface area contributed by atoms with Crippen molar-refractivity contribution in [3.63, 3.8) is 0 Å². The standard InChI is InChI=1S/C12H17F2N3O/c13-9-5-10(14)12(17-11(9)15)16-6-7-1-3-8(18)4-2-7/h5,7-8,18H,1-4,6H2,(H3,15,16,17). The molecule has 18 heavy (non-hydrogen) atoms. The van der Waals surface area contributed by atoms with Gasteiger partial charge < -0.3 is 16.2 Å². The molecule has 4 nitrogen and oxygen atoms in total. The van der Waals surface area contributed by atoms with Crippen LogP contribution in [0.4, 0.5) is 20.4 Å². The maximum atomic E-state index is 13.4. The monoisotopic (exact) mass is 257 g/mol. The number of anilines is 2. The quantitative estimate of drug-likeness (QED) is 0.773. The number of aliphatic hydroxyl groups excluding tert-OH is 1. The van der Waals surface area contributed by atoms with Gasteiger partial charge in [0.1, 0.15) is 0 Å². The van der Waals surface area contributed by atoms with Crippen molar-refractivity contribution in [2.75, 3.05) is 17.6 Å². The van der Waals surface area contributed by atoms with E-state index in [2.05, 4.69) is 10.3 Å². The molecule has 0 bridgehead atoms. The zero-order valence-electron chi connectivity index (χ0n) is 10.00. The van der Waals surface area contributed by atoms with Crippen LogP contribution in [0.25, 0.3) is 0 Å². The summed E-state index contributed by atoms with van der Waals surface area (Å²) in [5.41, 5.74) is 5.29. The van der Waals surface area contributed by atoms with Crippen molar-refractivity contribution >= 4 is 11.6 Å². The largest absolute Gasteiger partial charge is 0.393 e. The van der Waals surface area contributed by atoms with Gasteiger partial charge in [0.05, 0.1) is 6.10 Å². The summed E-state index contributed by atoms with van der Waals surface area (Å²) >= 11 is 0. The molecule has 0 aromatic carbocycles. The molecule has 1 aliphatic carbocycles. The molecule has 1 heterocycles. The average Bonchev–Trinajstić information content (AvgIpc) is 2.34. The smallest absolute Gasteiger partial charge is 0.168 e. The summed E-state index contributed by atoms with van der Waals surface area (Å²) in [4.78, 5) is 3.64. The highest BCUT2D eigenvalue weighted by Gasteiger charge is 2.19. The summed E-state index contributed by atoms with van der Waals surface area (Å²) in [6.07, 6.45) is 3.12. The van der Waals surface area contributed by atoms with E-state index in [1.807, 2.05) is 0 Å². The number of nitrogens with one attached hydrogen (secondary N) is 1. The molecule has 1 aliphatic rings. The third-order valence-corrected chi connectivity index (χ3v) is 3.33. The Hall–Kier alpha value is -1.43. The van der Waals surface area contributed by atoms with Gasteiger partial charge in [0.2, 0.25) is 0 Å². The van der Waals surface area contributed by atoms with E-state index in [9.17, 15) is 13.9 Å². The van der Waals surface area contributed by atoms with Crippen molar-refractivity contribution in [2.45, 2.75) is 31.8 Å². The molecule has 0 unspecified atom stereocenters. The first-order valence-electron chi connectivity index (χ1n) is 6.09. The third kappa shape index (κ3) is 3.07. The number of nitrogen functional groups attached to an aromatic ring is 1. The van der Waals surface area contributed by atoms with Gasteiger partial charge in [0, 0.05) is 12.6 Å². The molecule has 0 radical (unpaired) electrons. The predicted octanol–water partition coefficient (Wildman–Crippen LogP) is 1.90. The Morgan fingerprint density at radius 2 is 1.94 bits per heavy atom.